The molecule has 0 spiro atoms. The molecule has 2 aromatic carbocycles. The molecule has 6 heteroatoms. The molecule has 2 rings (SSSR count). The molecule has 0 saturated carbocycles. The van der Waals surface area contributed by atoms with Gasteiger partial charge in [0, 0.05) is 12.2 Å². The van der Waals surface area contributed by atoms with Crippen LogP contribution in [0.4, 0.5) is 5.69 Å². The molecular weight excluding hydrogens is 284 g/mol. The van der Waals surface area contributed by atoms with E-state index in [9.17, 15) is 9.90 Å². The number of benzene rings is 2. The summed E-state index contributed by atoms with van der Waals surface area (Å²) < 4.78 is 10.5. The number of phenolic OH excluding ortho intramolecular Hbond substituents is 1. The highest BCUT2D eigenvalue weighted by Gasteiger charge is 2.07. The predicted molar refractivity (Wildman–Crippen MR) is 83.1 cm³/mol. The van der Waals surface area contributed by atoms with Crippen LogP contribution in [0.15, 0.2) is 42.5 Å². The number of hydrogen-bond donors (Lipinski definition) is 3. The average Bonchev–Trinajstić information content (AvgIpc) is 2.52. The number of amides is 1. The third kappa shape index (κ3) is 4.31. The molecule has 0 aliphatic heterocycles. The van der Waals surface area contributed by atoms with Gasteiger partial charge in [-0.3, -0.25) is 4.79 Å². The van der Waals surface area contributed by atoms with Gasteiger partial charge >= 0.3 is 0 Å². The summed E-state index contributed by atoms with van der Waals surface area (Å²) in [6, 6.07) is 12.2. The third-order valence-corrected chi connectivity index (χ3v) is 2.96. The van der Waals surface area contributed by atoms with Gasteiger partial charge in [0.2, 0.25) is 0 Å². The summed E-state index contributed by atoms with van der Waals surface area (Å²) in [5.41, 5.74) is 6.93. The molecule has 1 amide bonds. The van der Waals surface area contributed by atoms with Crippen molar-refractivity contribution in [1.29, 1.82) is 0 Å². The highest BCUT2D eigenvalue weighted by Crippen LogP contribution is 2.28. The third-order valence-electron chi connectivity index (χ3n) is 2.96. The Morgan fingerprint density at radius 2 is 1.91 bits per heavy atom. The van der Waals surface area contributed by atoms with Crippen molar-refractivity contribution in [3.63, 3.8) is 0 Å². The molecule has 0 heterocycles. The van der Waals surface area contributed by atoms with Gasteiger partial charge in [-0.1, -0.05) is 6.07 Å². The van der Waals surface area contributed by atoms with Crippen molar-refractivity contribution in [3.8, 4) is 17.2 Å². The molecular formula is C16H18N2O4. The summed E-state index contributed by atoms with van der Waals surface area (Å²) in [6.07, 6.45) is 0. The van der Waals surface area contributed by atoms with Gasteiger partial charge in [0.1, 0.15) is 5.75 Å². The first kappa shape index (κ1) is 15.5. The molecule has 4 N–H and O–H groups in total. The van der Waals surface area contributed by atoms with Gasteiger partial charge < -0.3 is 25.6 Å². The van der Waals surface area contributed by atoms with Crippen LogP contribution < -0.4 is 20.5 Å². The Kier molecular flexibility index (Phi) is 5.08. The van der Waals surface area contributed by atoms with Crippen molar-refractivity contribution in [2.45, 2.75) is 6.54 Å². The molecule has 0 atom stereocenters. The van der Waals surface area contributed by atoms with Crippen LogP contribution in [0.3, 0.4) is 0 Å². The Hall–Kier alpha value is -2.89. The Bertz CT molecular complexity index is 641. The minimum Gasteiger partial charge on any atom is -0.508 e. The van der Waals surface area contributed by atoms with E-state index < -0.39 is 5.91 Å². The first-order valence-electron chi connectivity index (χ1n) is 6.69. The topological polar surface area (TPSA) is 93.8 Å². The zero-order valence-electron chi connectivity index (χ0n) is 12.2. The van der Waals surface area contributed by atoms with Gasteiger partial charge in [-0.05, 0) is 42.0 Å². The Morgan fingerprint density at radius 1 is 1.18 bits per heavy atom. The SMILES string of the molecule is COc1cc(CNc2ccc(O)cc2)ccc1OCC(N)=O. The molecule has 0 aliphatic rings. The van der Waals surface area contributed by atoms with Crippen molar-refractivity contribution in [3.05, 3.63) is 48.0 Å². The van der Waals surface area contributed by atoms with Crippen LogP contribution in [-0.4, -0.2) is 24.7 Å². The fourth-order valence-electron chi connectivity index (χ4n) is 1.87. The number of carbonyl (C=O) groups is 1. The minimum absolute atomic E-state index is 0.193. The lowest BCUT2D eigenvalue weighted by Gasteiger charge is -2.12. The second-order valence-corrected chi connectivity index (χ2v) is 4.64. The van der Waals surface area contributed by atoms with Crippen molar-refractivity contribution < 1.29 is 19.4 Å². The van der Waals surface area contributed by atoms with Crippen LogP contribution in [0.2, 0.25) is 0 Å². The number of aromatic hydroxyl groups is 1. The number of rotatable bonds is 7. The molecule has 0 fully saturated rings. The molecule has 0 aromatic heterocycles. The lowest BCUT2D eigenvalue weighted by Crippen LogP contribution is -2.20. The van der Waals surface area contributed by atoms with Crippen LogP contribution in [0.5, 0.6) is 17.2 Å². The minimum atomic E-state index is -0.542. The zero-order valence-corrected chi connectivity index (χ0v) is 12.2. The second-order valence-electron chi connectivity index (χ2n) is 4.64. The van der Waals surface area contributed by atoms with Crippen molar-refractivity contribution in [1.82, 2.24) is 0 Å². The number of nitrogens with two attached hydrogens (primary N) is 1. The summed E-state index contributed by atoms with van der Waals surface area (Å²) in [5.74, 6) is 0.684. The first-order valence-corrected chi connectivity index (χ1v) is 6.69. The molecule has 0 aliphatic carbocycles. The summed E-state index contributed by atoms with van der Waals surface area (Å²) >= 11 is 0. The number of methoxy groups -OCH3 is 1. The fraction of sp³-hybridized carbons (Fsp3) is 0.188. The van der Waals surface area contributed by atoms with E-state index in [4.69, 9.17) is 15.2 Å². The van der Waals surface area contributed by atoms with E-state index in [0.29, 0.717) is 18.0 Å². The molecule has 0 unspecified atom stereocenters. The van der Waals surface area contributed by atoms with E-state index in [1.165, 1.54) is 7.11 Å². The molecule has 2 aromatic rings. The maximum atomic E-state index is 10.8. The zero-order chi connectivity index (χ0) is 15.9. The lowest BCUT2D eigenvalue weighted by molar-refractivity contribution is -0.119. The molecule has 0 bridgehead atoms. The predicted octanol–water partition coefficient (Wildman–Crippen LogP) is 1.88. The molecule has 6 nitrogen and oxygen atoms in total. The number of anilines is 1. The van der Waals surface area contributed by atoms with Crippen molar-refractivity contribution in [2.24, 2.45) is 5.73 Å². The van der Waals surface area contributed by atoms with Gasteiger partial charge in [0.15, 0.2) is 18.1 Å². The molecule has 22 heavy (non-hydrogen) atoms. The quantitative estimate of drug-likeness (QED) is 0.679. The fourth-order valence-corrected chi connectivity index (χ4v) is 1.87. The van der Waals surface area contributed by atoms with E-state index >= 15 is 0 Å². The number of primary amides is 1. The summed E-state index contributed by atoms with van der Waals surface area (Å²) in [6.45, 7) is 0.388. The van der Waals surface area contributed by atoms with Gasteiger partial charge in [0.05, 0.1) is 7.11 Å². The number of hydrogen-bond acceptors (Lipinski definition) is 5. The van der Waals surface area contributed by atoms with Crippen molar-refractivity contribution >= 4 is 11.6 Å². The average molecular weight is 302 g/mol. The largest absolute Gasteiger partial charge is 0.508 e. The van der Waals surface area contributed by atoms with Crippen LogP contribution in [-0.2, 0) is 11.3 Å². The Balaban J connectivity index is 2.02. The van der Waals surface area contributed by atoms with E-state index in [-0.39, 0.29) is 12.4 Å². The number of ether oxygens (including phenoxy) is 2. The van der Waals surface area contributed by atoms with E-state index in [1.54, 1.807) is 30.3 Å². The number of nitrogens with one attached hydrogen (secondary N) is 1. The Morgan fingerprint density at radius 3 is 2.55 bits per heavy atom. The summed E-state index contributed by atoms with van der Waals surface area (Å²) in [4.78, 5) is 10.8. The number of carbonyl (C=O) groups excluding carboxylic acids is 1. The maximum Gasteiger partial charge on any atom is 0.255 e. The standard InChI is InChI=1S/C16H18N2O4/c1-21-15-8-11(2-7-14(15)22-10-16(17)20)9-18-12-3-5-13(19)6-4-12/h2-8,18-19H,9-10H2,1H3,(H2,17,20). The monoisotopic (exact) mass is 302 g/mol. The van der Waals surface area contributed by atoms with Gasteiger partial charge in [-0.25, -0.2) is 0 Å². The van der Waals surface area contributed by atoms with Gasteiger partial charge in [-0.2, -0.15) is 0 Å². The highest BCUT2D eigenvalue weighted by molar-refractivity contribution is 5.75. The normalized spacial score (nSPS) is 10.0. The van der Waals surface area contributed by atoms with Gasteiger partial charge in [-0.15, -0.1) is 0 Å². The summed E-state index contributed by atoms with van der Waals surface area (Å²) in [5, 5.41) is 12.5. The van der Waals surface area contributed by atoms with Crippen molar-refractivity contribution in [2.75, 3.05) is 19.0 Å². The van der Waals surface area contributed by atoms with E-state index in [1.807, 2.05) is 12.1 Å². The van der Waals surface area contributed by atoms with Crippen LogP contribution in [0.1, 0.15) is 5.56 Å². The molecule has 0 radical (unpaired) electrons. The molecule has 0 saturated heterocycles. The summed E-state index contributed by atoms with van der Waals surface area (Å²) in [7, 11) is 1.53. The van der Waals surface area contributed by atoms with Crippen LogP contribution >= 0.6 is 0 Å². The highest BCUT2D eigenvalue weighted by atomic mass is 16.5. The van der Waals surface area contributed by atoms with Crippen LogP contribution in [0, 0.1) is 0 Å². The first-order chi connectivity index (χ1) is 10.6. The second kappa shape index (κ2) is 7.21. The number of phenols is 1. The maximum absolute atomic E-state index is 10.8. The smallest absolute Gasteiger partial charge is 0.255 e. The van der Waals surface area contributed by atoms with E-state index in [0.717, 1.165) is 11.3 Å². The van der Waals surface area contributed by atoms with Gasteiger partial charge in [0.25, 0.3) is 5.91 Å². The molecule has 116 valence electrons. The Labute approximate surface area is 128 Å². The van der Waals surface area contributed by atoms with E-state index in [2.05, 4.69) is 5.32 Å². The van der Waals surface area contributed by atoms with Crippen LogP contribution in [0.25, 0.3) is 0 Å². The lowest BCUT2D eigenvalue weighted by atomic mass is 10.2.